The second kappa shape index (κ2) is 7.42. The van der Waals surface area contributed by atoms with Gasteiger partial charge in [-0.3, -0.25) is 14.1 Å². The van der Waals surface area contributed by atoms with Gasteiger partial charge in [-0.15, -0.1) is 10.2 Å². The van der Waals surface area contributed by atoms with Crippen LogP contribution >= 0.6 is 0 Å². The van der Waals surface area contributed by atoms with Crippen molar-refractivity contribution in [2.75, 3.05) is 26.2 Å². The number of aryl methyl sites for hydroxylation is 1. The molecule has 0 spiro atoms. The molecule has 3 heterocycles. The molecule has 148 valence electrons. The molecule has 2 aromatic carbocycles. The first kappa shape index (κ1) is 18.0. The minimum atomic E-state index is -0.0709. The van der Waals surface area contributed by atoms with Crippen molar-refractivity contribution < 1.29 is 0 Å². The largest absolute Gasteiger partial charge is 0.314 e. The third-order valence-corrected chi connectivity index (χ3v) is 5.67. The summed E-state index contributed by atoms with van der Waals surface area (Å²) in [6, 6.07) is 15.8. The van der Waals surface area contributed by atoms with Crippen LogP contribution in [-0.4, -0.2) is 50.2 Å². The predicted molar refractivity (Wildman–Crippen MR) is 114 cm³/mol. The van der Waals surface area contributed by atoms with Crippen LogP contribution in [0.3, 0.4) is 0 Å². The molecule has 1 saturated heterocycles. The Kier molecular flexibility index (Phi) is 4.61. The number of nitrogens with zero attached hydrogens (tertiary/aromatic N) is 5. The van der Waals surface area contributed by atoms with Crippen LogP contribution in [0, 0.1) is 0 Å². The predicted octanol–water partition coefficient (Wildman–Crippen LogP) is 2.00. The number of hydrogen-bond acceptors (Lipinski definition) is 5. The van der Waals surface area contributed by atoms with Gasteiger partial charge in [-0.1, -0.05) is 31.2 Å². The summed E-state index contributed by atoms with van der Waals surface area (Å²) in [5, 5.41) is 13.0. The minimum absolute atomic E-state index is 0.0709. The third kappa shape index (κ3) is 3.12. The van der Waals surface area contributed by atoms with E-state index in [1.54, 1.807) is 4.57 Å². The Balaban J connectivity index is 1.74. The van der Waals surface area contributed by atoms with Crippen molar-refractivity contribution >= 4 is 16.7 Å². The first-order valence-electron chi connectivity index (χ1n) is 10.2. The van der Waals surface area contributed by atoms with Gasteiger partial charge in [0, 0.05) is 26.2 Å². The van der Waals surface area contributed by atoms with Crippen molar-refractivity contribution in [3.8, 4) is 5.69 Å². The van der Waals surface area contributed by atoms with Gasteiger partial charge < -0.3 is 5.32 Å². The highest BCUT2D eigenvalue weighted by Gasteiger charge is 2.19. The number of fused-ring (bicyclic) bond motifs is 3. The second-order valence-electron chi connectivity index (χ2n) is 7.46. The molecule has 2 aromatic heterocycles. The summed E-state index contributed by atoms with van der Waals surface area (Å²) in [6.45, 7) is 6.74. The molecular weight excluding hydrogens is 364 g/mol. The summed E-state index contributed by atoms with van der Waals surface area (Å²) < 4.78 is 3.71. The Morgan fingerprint density at radius 2 is 1.76 bits per heavy atom. The third-order valence-electron chi connectivity index (χ3n) is 5.67. The number of aromatic nitrogens is 4. The lowest BCUT2D eigenvalue weighted by atomic mass is 10.1. The first-order chi connectivity index (χ1) is 14.3. The molecule has 0 aliphatic carbocycles. The van der Waals surface area contributed by atoms with Gasteiger partial charge in [0.1, 0.15) is 0 Å². The van der Waals surface area contributed by atoms with Crippen LogP contribution in [0.25, 0.3) is 22.4 Å². The zero-order chi connectivity index (χ0) is 19.8. The normalized spacial score (nSPS) is 15.3. The van der Waals surface area contributed by atoms with Gasteiger partial charge in [0.25, 0.3) is 5.56 Å². The van der Waals surface area contributed by atoms with E-state index in [4.69, 9.17) is 0 Å². The molecule has 0 amide bonds. The molecule has 0 unspecified atom stereocenters. The quantitative estimate of drug-likeness (QED) is 0.579. The van der Waals surface area contributed by atoms with E-state index < -0.39 is 0 Å². The van der Waals surface area contributed by atoms with E-state index in [1.165, 1.54) is 5.56 Å². The number of para-hydroxylation sites is 1. The van der Waals surface area contributed by atoms with Crippen molar-refractivity contribution in [2.45, 2.75) is 19.9 Å². The van der Waals surface area contributed by atoms with Crippen LogP contribution in [0.4, 0.5) is 0 Å². The minimum Gasteiger partial charge on any atom is -0.314 e. The topological polar surface area (TPSA) is 67.5 Å². The molecule has 1 aliphatic rings. The fourth-order valence-electron chi connectivity index (χ4n) is 4.04. The van der Waals surface area contributed by atoms with E-state index in [9.17, 15) is 4.79 Å². The molecule has 1 aliphatic heterocycles. The molecule has 1 fully saturated rings. The number of nitrogens with one attached hydrogen (secondary N) is 1. The highest BCUT2D eigenvalue weighted by Crippen LogP contribution is 2.19. The van der Waals surface area contributed by atoms with Crippen molar-refractivity contribution in [1.29, 1.82) is 0 Å². The summed E-state index contributed by atoms with van der Waals surface area (Å²) in [5.41, 5.74) is 2.83. The van der Waals surface area contributed by atoms with Crippen LogP contribution in [0.5, 0.6) is 0 Å². The summed E-state index contributed by atoms with van der Waals surface area (Å²) in [5.74, 6) is 1.42. The molecule has 0 radical (unpaired) electrons. The van der Waals surface area contributed by atoms with E-state index in [2.05, 4.69) is 39.5 Å². The standard InChI is InChI=1S/C22H24N6O/c1-2-16-7-9-17(10-8-16)27-21(29)18-5-3-4-6-19(18)28-20(24-25-22(27)28)15-26-13-11-23-12-14-26/h3-10,23H,2,11-15H2,1H3. The lowest BCUT2D eigenvalue weighted by Gasteiger charge is -2.26. The summed E-state index contributed by atoms with van der Waals surface area (Å²) >= 11 is 0. The lowest BCUT2D eigenvalue weighted by molar-refractivity contribution is 0.227. The Hall–Kier alpha value is -3.03. The summed E-state index contributed by atoms with van der Waals surface area (Å²) in [4.78, 5) is 15.7. The monoisotopic (exact) mass is 388 g/mol. The molecular formula is C22H24N6O. The summed E-state index contributed by atoms with van der Waals surface area (Å²) in [6.07, 6.45) is 0.960. The maximum absolute atomic E-state index is 13.4. The Labute approximate surface area is 168 Å². The average molecular weight is 388 g/mol. The Morgan fingerprint density at radius 1 is 1.00 bits per heavy atom. The lowest BCUT2D eigenvalue weighted by Crippen LogP contribution is -2.43. The van der Waals surface area contributed by atoms with Crippen LogP contribution in [0.1, 0.15) is 18.3 Å². The van der Waals surface area contributed by atoms with Crippen LogP contribution in [0.2, 0.25) is 0 Å². The van der Waals surface area contributed by atoms with Crippen molar-refractivity contribution in [3.63, 3.8) is 0 Å². The fraction of sp³-hybridized carbons (Fsp3) is 0.318. The number of rotatable bonds is 4. The molecule has 0 saturated carbocycles. The van der Waals surface area contributed by atoms with Gasteiger partial charge in [0.05, 0.1) is 23.1 Å². The van der Waals surface area contributed by atoms with Crippen molar-refractivity contribution in [1.82, 2.24) is 29.4 Å². The van der Waals surface area contributed by atoms with Gasteiger partial charge >= 0.3 is 0 Å². The van der Waals surface area contributed by atoms with Crippen LogP contribution < -0.4 is 10.9 Å². The molecule has 5 rings (SSSR count). The van der Waals surface area contributed by atoms with Gasteiger partial charge in [0.2, 0.25) is 5.78 Å². The van der Waals surface area contributed by atoms with Crippen molar-refractivity contribution in [2.24, 2.45) is 0 Å². The highest BCUT2D eigenvalue weighted by atomic mass is 16.1. The van der Waals surface area contributed by atoms with Gasteiger partial charge in [-0.05, 0) is 36.2 Å². The van der Waals surface area contributed by atoms with E-state index in [-0.39, 0.29) is 5.56 Å². The number of hydrogen-bond donors (Lipinski definition) is 1. The molecule has 0 bridgehead atoms. The van der Waals surface area contributed by atoms with E-state index >= 15 is 0 Å². The van der Waals surface area contributed by atoms with E-state index in [0.717, 1.165) is 49.6 Å². The van der Waals surface area contributed by atoms with Crippen LogP contribution in [0.15, 0.2) is 53.3 Å². The van der Waals surface area contributed by atoms with Crippen molar-refractivity contribution in [3.05, 3.63) is 70.3 Å². The zero-order valence-corrected chi connectivity index (χ0v) is 16.5. The molecule has 29 heavy (non-hydrogen) atoms. The van der Waals surface area contributed by atoms with E-state index in [0.29, 0.717) is 17.7 Å². The maximum atomic E-state index is 13.4. The highest BCUT2D eigenvalue weighted by molar-refractivity contribution is 5.81. The zero-order valence-electron chi connectivity index (χ0n) is 16.5. The van der Waals surface area contributed by atoms with Crippen LogP contribution in [-0.2, 0) is 13.0 Å². The van der Waals surface area contributed by atoms with Gasteiger partial charge in [-0.2, -0.15) is 0 Å². The fourth-order valence-corrected chi connectivity index (χ4v) is 4.04. The molecule has 0 atom stereocenters. The SMILES string of the molecule is CCc1ccc(-n2c(=O)c3ccccc3n3c(CN4CCNCC4)nnc23)cc1. The molecule has 7 nitrogen and oxygen atoms in total. The summed E-state index contributed by atoms with van der Waals surface area (Å²) in [7, 11) is 0. The van der Waals surface area contributed by atoms with Gasteiger partial charge in [0.15, 0.2) is 5.82 Å². The second-order valence-corrected chi connectivity index (χ2v) is 7.46. The van der Waals surface area contributed by atoms with Gasteiger partial charge in [-0.25, -0.2) is 4.57 Å². The molecule has 4 aromatic rings. The first-order valence-corrected chi connectivity index (χ1v) is 10.2. The Bertz CT molecular complexity index is 1220. The molecule has 7 heteroatoms. The Morgan fingerprint density at radius 3 is 2.52 bits per heavy atom. The van der Waals surface area contributed by atoms with E-state index in [1.807, 2.05) is 40.8 Å². The molecule has 1 N–H and O–H groups in total. The maximum Gasteiger partial charge on any atom is 0.267 e. The smallest absolute Gasteiger partial charge is 0.267 e. The number of piperazine rings is 1. The average Bonchev–Trinajstić information content (AvgIpc) is 3.18. The number of benzene rings is 2.